The van der Waals surface area contributed by atoms with Gasteiger partial charge in [-0.25, -0.2) is 0 Å². The number of aromatic nitrogens is 3. The van der Waals surface area contributed by atoms with Crippen molar-refractivity contribution in [2.75, 3.05) is 5.32 Å². The molecule has 3 aromatic carbocycles. The number of halogens is 1. The molecule has 2 aromatic heterocycles. The van der Waals surface area contributed by atoms with Gasteiger partial charge in [0.2, 0.25) is 0 Å². The molecule has 0 spiro atoms. The number of rotatable bonds is 7. The lowest BCUT2D eigenvalue weighted by molar-refractivity contribution is -0.382. The predicted octanol–water partition coefficient (Wildman–Crippen LogP) is 7.10. The third-order valence-corrected chi connectivity index (χ3v) is 7.73. The number of amides is 1. The lowest BCUT2D eigenvalue weighted by Crippen LogP contribution is -2.11. The number of non-ortho nitro benzene ring substituents is 1. The Balaban J connectivity index is 1.43. The van der Waals surface area contributed by atoms with Gasteiger partial charge < -0.3 is 5.32 Å². The third-order valence-electron chi connectivity index (χ3n) is 6.00. The van der Waals surface area contributed by atoms with Gasteiger partial charge in [0, 0.05) is 17.1 Å². The Labute approximate surface area is 215 Å². The van der Waals surface area contributed by atoms with E-state index in [9.17, 15) is 14.9 Å². The predicted molar refractivity (Wildman–Crippen MR) is 144 cm³/mol. The van der Waals surface area contributed by atoms with E-state index in [4.69, 9.17) is 11.6 Å². The Hall–Kier alpha value is -3.82. The molecule has 0 aliphatic rings. The minimum absolute atomic E-state index is 0.0777. The van der Waals surface area contributed by atoms with Crippen LogP contribution in [0.25, 0.3) is 26.8 Å². The van der Waals surface area contributed by atoms with E-state index in [-0.39, 0.29) is 15.6 Å². The van der Waals surface area contributed by atoms with Gasteiger partial charge in [0.25, 0.3) is 11.6 Å². The second kappa shape index (κ2) is 9.67. The van der Waals surface area contributed by atoms with Gasteiger partial charge in [0.1, 0.15) is 20.6 Å². The second-order valence-corrected chi connectivity index (χ2v) is 9.92. The number of hydrogen-bond donors (Lipinski definition) is 1. The number of thiophene rings is 1. The van der Waals surface area contributed by atoms with Gasteiger partial charge in [-0.2, -0.15) is 4.80 Å². The van der Waals surface area contributed by atoms with E-state index < -0.39 is 10.8 Å². The summed E-state index contributed by atoms with van der Waals surface area (Å²) in [5.41, 5.74) is 4.77. The molecule has 10 heteroatoms. The quantitative estimate of drug-likeness (QED) is 0.182. The van der Waals surface area contributed by atoms with E-state index in [1.54, 1.807) is 23.0 Å². The van der Waals surface area contributed by atoms with E-state index in [1.165, 1.54) is 11.6 Å². The molecule has 5 aromatic rings. The normalized spacial score (nSPS) is 11.3. The second-order valence-electron chi connectivity index (χ2n) is 8.53. The molecular weight excluding hydrogens is 498 g/mol. The Morgan fingerprint density at radius 1 is 1.14 bits per heavy atom. The van der Waals surface area contributed by atoms with Crippen LogP contribution in [-0.4, -0.2) is 25.8 Å². The summed E-state index contributed by atoms with van der Waals surface area (Å²) in [7, 11) is 0. The zero-order chi connectivity index (χ0) is 25.4. The number of anilines is 1. The largest absolute Gasteiger partial charge is 0.321 e. The van der Waals surface area contributed by atoms with Crippen molar-refractivity contribution >= 4 is 61.3 Å². The van der Waals surface area contributed by atoms with Gasteiger partial charge in [0.15, 0.2) is 0 Å². The van der Waals surface area contributed by atoms with Crippen LogP contribution in [0.3, 0.4) is 0 Å². The standard InChI is InChI=1S/C26H22ClN5O3S/c1-3-4-6-16-9-11-17(12-10-16)31-29-20-13-15(2)19(14-21(20)30-31)28-26(33)25-23(27)18-7-5-8-22(32(34)35)24(18)36-25/h5,7-14H,3-4,6H2,1-2H3,(H,28,33). The maximum absolute atomic E-state index is 13.1. The number of benzene rings is 3. The minimum atomic E-state index is -0.475. The molecular formula is C26H22ClN5O3S. The van der Waals surface area contributed by atoms with Gasteiger partial charge in [0.05, 0.1) is 15.6 Å². The number of fused-ring (bicyclic) bond motifs is 2. The molecule has 0 saturated heterocycles. The highest BCUT2D eigenvalue weighted by Crippen LogP contribution is 2.40. The smallest absolute Gasteiger partial charge is 0.287 e. The van der Waals surface area contributed by atoms with Crippen molar-refractivity contribution in [2.45, 2.75) is 33.1 Å². The lowest BCUT2D eigenvalue weighted by Gasteiger charge is -2.07. The fourth-order valence-electron chi connectivity index (χ4n) is 4.04. The first kappa shape index (κ1) is 23.9. The number of nitro groups is 1. The number of nitrogens with zero attached hydrogens (tertiary/aromatic N) is 4. The van der Waals surface area contributed by atoms with E-state index >= 15 is 0 Å². The van der Waals surface area contributed by atoms with E-state index in [2.05, 4.69) is 34.6 Å². The van der Waals surface area contributed by atoms with Crippen molar-refractivity contribution < 1.29 is 9.72 Å². The van der Waals surface area contributed by atoms with Crippen LogP contribution in [0.4, 0.5) is 11.4 Å². The van der Waals surface area contributed by atoms with Crippen LogP contribution in [0.1, 0.15) is 40.6 Å². The first-order valence-corrected chi connectivity index (χ1v) is 12.7. The van der Waals surface area contributed by atoms with E-state index in [1.807, 2.05) is 25.1 Å². The molecule has 0 unspecified atom stereocenters. The molecule has 36 heavy (non-hydrogen) atoms. The van der Waals surface area contributed by atoms with E-state index in [0.717, 1.165) is 41.9 Å². The Bertz CT molecular complexity index is 1620. The van der Waals surface area contributed by atoms with Crippen LogP contribution in [0, 0.1) is 17.0 Å². The number of hydrogen-bond acceptors (Lipinski definition) is 6. The fraction of sp³-hybridized carbons (Fsp3) is 0.192. The van der Waals surface area contributed by atoms with Crippen molar-refractivity contribution in [3.05, 3.63) is 85.7 Å². The SMILES string of the molecule is CCCCc1ccc(-n2nc3cc(C)c(NC(=O)c4sc5c([N+](=O)[O-])cccc5c4Cl)cc3n2)cc1. The van der Waals surface area contributed by atoms with Crippen molar-refractivity contribution in [2.24, 2.45) is 0 Å². The molecule has 5 rings (SSSR count). The van der Waals surface area contributed by atoms with E-state index in [0.29, 0.717) is 26.8 Å². The third kappa shape index (κ3) is 4.43. The molecule has 0 radical (unpaired) electrons. The molecule has 0 saturated carbocycles. The number of aryl methyl sites for hydroxylation is 2. The van der Waals surface area contributed by atoms with Crippen molar-refractivity contribution in [3.63, 3.8) is 0 Å². The van der Waals surface area contributed by atoms with Gasteiger partial charge >= 0.3 is 0 Å². The van der Waals surface area contributed by atoms with Crippen LogP contribution >= 0.6 is 22.9 Å². The highest BCUT2D eigenvalue weighted by molar-refractivity contribution is 7.22. The van der Waals surface area contributed by atoms with Gasteiger partial charge in [-0.15, -0.1) is 21.5 Å². The van der Waals surface area contributed by atoms with Crippen LogP contribution in [0.15, 0.2) is 54.6 Å². The van der Waals surface area contributed by atoms with Crippen molar-refractivity contribution in [1.82, 2.24) is 15.0 Å². The zero-order valence-electron chi connectivity index (χ0n) is 19.6. The summed E-state index contributed by atoms with van der Waals surface area (Å²) in [4.78, 5) is 25.8. The summed E-state index contributed by atoms with van der Waals surface area (Å²) in [5.74, 6) is -0.437. The summed E-state index contributed by atoms with van der Waals surface area (Å²) in [6, 6.07) is 16.4. The van der Waals surface area contributed by atoms with Gasteiger partial charge in [-0.1, -0.05) is 49.2 Å². The zero-order valence-corrected chi connectivity index (χ0v) is 21.2. The topological polar surface area (TPSA) is 103 Å². The lowest BCUT2D eigenvalue weighted by atomic mass is 10.1. The van der Waals surface area contributed by atoms with Gasteiger partial charge in [-0.3, -0.25) is 14.9 Å². The minimum Gasteiger partial charge on any atom is -0.321 e. The summed E-state index contributed by atoms with van der Waals surface area (Å²) < 4.78 is 0.369. The average Bonchev–Trinajstić information content (AvgIpc) is 3.43. The maximum atomic E-state index is 13.1. The highest BCUT2D eigenvalue weighted by atomic mass is 35.5. The monoisotopic (exact) mass is 519 g/mol. The molecule has 2 heterocycles. The molecule has 182 valence electrons. The first-order chi connectivity index (χ1) is 17.4. The summed E-state index contributed by atoms with van der Waals surface area (Å²) >= 11 is 7.45. The van der Waals surface area contributed by atoms with Crippen molar-refractivity contribution in [3.8, 4) is 5.69 Å². The van der Waals surface area contributed by atoms with Gasteiger partial charge in [-0.05, 0) is 55.2 Å². The van der Waals surface area contributed by atoms with Crippen LogP contribution in [0.2, 0.25) is 5.02 Å². The summed E-state index contributed by atoms with van der Waals surface area (Å²) in [6.45, 7) is 4.05. The molecule has 0 fully saturated rings. The summed E-state index contributed by atoms with van der Waals surface area (Å²) in [6.07, 6.45) is 3.35. The Morgan fingerprint density at radius 2 is 1.86 bits per heavy atom. The fourth-order valence-corrected chi connectivity index (χ4v) is 5.53. The highest BCUT2D eigenvalue weighted by Gasteiger charge is 2.23. The maximum Gasteiger partial charge on any atom is 0.287 e. The number of nitrogens with one attached hydrogen (secondary N) is 1. The number of carbonyl (C=O) groups excluding carboxylic acids is 1. The number of unbranched alkanes of at least 4 members (excludes halogenated alkanes) is 1. The summed E-state index contributed by atoms with van der Waals surface area (Å²) in [5, 5.41) is 24.1. The average molecular weight is 520 g/mol. The first-order valence-electron chi connectivity index (χ1n) is 11.5. The Kier molecular flexibility index (Phi) is 6.42. The molecule has 0 aliphatic carbocycles. The molecule has 0 bridgehead atoms. The van der Waals surface area contributed by atoms with Crippen LogP contribution < -0.4 is 5.32 Å². The molecule has 1 N–H and O–H groups in total. The van der Waals surface area contributed by atoms with Crippen LogP contribution in [0.5, 0.6) is 0 Å². The Morgan fingerprint density at radius 3 is 2.56 bits per heavy atom. The number of nitro benzene ring substituents is 1. The number of carbonyl (C=O) groups is 1. The van der Waals surface area contributed by atoms with Crippen molar-refractivity contribution in [1.29, 1.82) is 0 Å². The molecule has 1 amide bonds. The molecule has 0 atom stereocenters. The van der Waals surface area contributed by atoms with Crippen LogP contribution in [-0.2, 0) is 6.42 Å². The molecule has 0 aliphatic heterocycles. The molecule has 8 nitrogen and oxygen atoms in total.